The normalized spacial score (nSPS) is 10.7. The van der Waals surface area contributed by atoms with E-state index in [9.17, 15) is 9.59 Å². The van der Waals surface area contributed by atoms with Gasteiger partial charge in [0.2, 0.25) is 0 Å². The second kappa shape index (κ2) is 4.02. The van der Waals surface area contributed by atoms with Crippen LogP contribution in [0.25, 0.3) is 0 Å². The Hall–Kier alpha value is -1.36. The number of carbonyl (C=O) groups excluding carboxylic acids is 2. The van der Waals surface area contributed by atoms with Crippen molar-refractivity contribution in [3.05, 3.63) is 16.0 Å². The van der Waals surface area contributed by atoms with Gasteiger partial charge in [-0.15, -0.1) is 11.3 Å². The lowest BCUT2D eigenvalue weighted by atomic mass is 9.99. The molecule has 1 heterocycles. The van der Waals surface area contributed by atoms with Gasteiger partial charge in [0.05, 0.1) is 15.4 Å². The maximum atomic E-state index is 11.8. The Labute approximate surface area is 92.3 Å². The first-order valence-electron chi connectivity index (χ1n) is 4.59. The summed E-state index contributed by atoms with van der Waals surface area (Å²) in [6.07, 6.45) is 0. The monoisotopic (exact) mass is 226 g/mol. The van der Waals surface area contributed by atoms with Crippen molar-refractivity contribution in [2.75, 3.05) is 5.73 Å². The molecule has 1 aromatic rings. The van der Waals surface area contributed by atoms with Crippen LogP contribution in [0, 0.1) is 12.8 Å². The zero-order valence-corrected chi connectivity index (χ0v) is 9.77. The molecule has 82 valence electrons. The maximum absolute atomic E-state index is 11.8. The Balaban J connectivity index is 3.31. The van der Waals surface area contributed by atoms with Crippen LogP contribution in [0.2, 0.25) is 0 Å². The second-order valence-corrected chi connectivity index (χ2v) is 4.73. The molecule has 0 unspecified atom stereocenters. The number of hydrogen-bond acceptors (Lipinski definition) is 4. The largest absolute Gasteiger partial charge is 0.390 e. The molecule has 0 aliphatic rings. The summed E-state index contributed by atoms with van der Waals surface area (Å²) in [7, 11) is 0. The van der Waals surface area contributed by atoms with E-state index in [4.69, 9.17) is 11.5 Å². The topological polar surface area (TPSA) is 86.2 Å². The lowest BCUT2D eigenvalue weighted by Crippen LogP contribution is -2.13. The number of thiophene rings is 1. The molecule has 1 aromatic heterocycles. The van der Waals surface area contributed by atoms with Crippen LogP contribution < -0.4 is 11.5 Å². The summed E-state index contributed by atoms with van der Waals surface area (Å²) < 4.78 is 0. The van der Waals surface area contributed by atoms with Crippen LogP contribution in [0.5, 0.6) is 0 Å². The first-order valence-corrected chi connectivity index (χ1v) is 5.40. The first kappa shape index (κ1) is 11.7. The fourth-order valence-corrected chi connectivity index (χ4v) is 2.30. The molecule has 0 spiro atoms. The van der Waals surface area contributed by atoms with E-state index in [1.165, 1.54) is 0 Å². The Bertz CT molecular complexity index is 421. The molecule has 0 aliphatic heterocycles. The number of Topliss-reactive ketones (excluding diaryl/α,β-unsaturated/α-hetero) is 1. The highest BCUT2D eigenvalue weighted by molar-refractivity contribution is 7.18. The van der Waals surface area contributed by atoms with Crippen molar-refractivity contribution < 1.29 is 9.59 Å². The summed E-state index contributed by atoms with van der Waals surface area (Å²) in [6.45, 7) is 5.29. The number of nitrogen functional groups attached to an aromatic ring is 1. The van der Waals surface area contributed by atoms with Crippen molar-refractivity contribution in [1.29, 1.82) is 0 Å². The number of anilines is 1. The van der Waals surface area contributed by atoms with Crippen molar-refractivity contribution in [2.45, 2.75) is 20.8 Å². The van der Waals surface area contributed by atoms with Crippen LogP contribution in [0.1, 0.15) is 39.4 Å². The lowest BCUT2D eigenvalue weighted by molar-refractivity contribution is 0.0940. The number of ketones is 1. The molecular weight excluding hydrogens is 212 g/mol. The number of amides is 1. The van der Waals surface area contributed by atoms with E-state index in [0.29, 0.717) is 21.0 Å². The van der Waals surface area contributed by atoms with Gasteiger partial charge in [-0.2, -0.15) is 0 Å². The summed E-state index contributed by atoms with van der Waals surface area (Å²) >= 11 is 1.08. The summed E-state index contributed by atoms with van der Waals surface area (Å²) in [6, 6.07) is 0. The molecule has 0 atom stereocenters. The summed E-state index contributed by atoms with van der Waals surface area (Å²) in [5.74, 6) is -0.720. The third-order valence-corrected chi connectivity index (χ3v) is 3.30. The van der Waals surface area contributed by atoms with Gasteiger partial charge in [0.1, 0.15) is 0 Å². The van der Waals surface area contributed by atoms with E-state index in [1.807, 2.05) is 0 Å². The average molecular weight is 226 g/mol. The Morgan fingerprint density at radius 3 is 2.20 bits per heavy atom. The van der Waals surface area contributed by atoms with E-state index in [1.54, 1.807) is 20.8 Å². The van der Waals surface area contributed by atoms with Gasteiger partial charge in [0.15, 0.2) is 5.78 Å². The van der Waals surface area contributed by atoms with Gasteiger partial charge < -0.3 is 11.5 Å². The summed E-state index contributed by atoms with van der Waals surface area (Å²) in [5, 5.41) is 0.375. The third kappa shape index (κ3) is 2.02. The minimum absolute atomic E-state index is 0.0475. The van der Waals surface area contributed by atoms with E-state index in [-0.39, 0.29) is 11.7 Å². The molecule has 0 radical (unpaired) electrons. The van der Waals surface area contributed by atoms with Gasteiger partial charge in [-0.1, -0.05) is 13.8 Å². The van der Waals surface area contributed by atoms with Crippen LogP contribution in [-0.4, -0.2) is 11.7 Å². The minimum atomic E-state index is -0.535. The van der Waals surface area contributed by atoms with Crippen LogP contribution in [0.15, 0.2) is 0 Å². The molecule has 4 nitrogen and oxygen atoms in total. The van der Waals surface area contributed by atoms with E-state index in [0.717, 1.165) is 11.3 Å². The fraction of sp³-hybridized carbons (Fsp3) is 0.400. The van der Waals surface area contributed by atoms with E-state index < -0.39 is 5.91 Å². The fourth-order valence-electron chi connectivity index (χ4n) is 1.37. The average Bonchev–Trinajstić information content (AvgIpc) is 2.41. The van der Waals surface area contributed by atoms with Crippen molar-refractivity contribution in [3.63, 3.8) is 0 Å². The number of primary amides is 1. The van der Waals surface area contributed by atoms with Crippen molar-refractivity contribution >= 4 is 28.0 Å². The van der Waals surface area contributed by atoms with Crippen LogP contribution >= 0.6 is 11.3 Å². The van der Waals surface area contributed by atoms with Gasteiger partial charge in [-0.05, 0) is 12.5 Å². The van der Waals surface area contributed by atoms with Crippen LogP contribution in [0.4, 0.5) is 5.00 Å². The highest BCUT2D eigenvalue weighted by atomic mass is 32.1. The summed E-state index contributed by atoms with van der Waals surface area (Å²) in [4.78, 5) is 23.2. The number of nitrogens with two attached hydrogens (primary N) is 2. The Morgan fingerprint density at radius 2 is 1.87 bits per heavy atom. The Morgan fingerprint density at radius 1 is 1.33 bits per heavy atom. The zero-order valence-electron chi connectivity index (χ0n) is 8.96. The van der Waals surface area contributed by atoms with Crippen molar-refractivity contribution in [2.24, 2.45) is 11.7 Å². The predicted octanol–water partition coefficient (Wildman–Crippen LogP) is 1.58. The highest BCUT2D eigenvalue weighted by Crippen LogP contribution is 2.31. The molecule has 0 aromatic carbocycles. The van der Waals surface area contributed by atoms with E-state index in [2.05, 4.69) is 0 Å². The zero-order chi connectivity index (χ0) is 11.7. The molecule has 0 aliphatic carbocycles. The van der Waals surface area contributed by atoms with Crippen molar-refractivity contribution in [1.82, 2.24) is 0 Å². The van der Waals surface area contributed by atoms with Crippen LogP contribution in [-0.2, 0) is 0 Å². The number of hydrogen-bond donors (Lipinski definition) is 2. The standard InChI is InChI=1S/C10H14N2O2S/c1-4(2)7(13)6-5(3)8(9(11)14)15-10(6)12/h4H,12H2,1-3H3,(H2,11,14). The van der Waals surface area contributed by atoms with Gasteiger partial charge in [-0.25, -0.2) is 0 Å². The number of carbonyl (C=O) groups is 2. The lowest BCUT2D eigenvalue weighted by Gasteiger charge is -2.04. The molecule has 0 fully saturated rings. The highest BCUT2D eigenvalue weighted by Gasteiger charge is 2.23. The minimum Gasteiger partial charge on any atom is -0.390 e. The molecule has 15 heavy (non-hydrogen) atoms. The first-order chi connectivity index (χ1) is 6.86. The SMILES string of the molecule is Cc1c(C(N)=O)sc(N)c1C(=O)C(C)C. The Kier molecular flexibility index (Phi) is 3.14. The predicted molar refractivity (Wildman–Crippen MR) is 61.2 cm³/mol. The molecule has 1 rings (SSSR count). The molecule has 1 amide bonds. The molecule has 0 saturated carbocycles. The second-order valence-electron chi connectivity index (χ2n) is 3.68. The molecule has 0 saturated heterocycles. The quantitative estimate of drug-likeness (QED) is 0.767. The van der Waals surface area contributed by atoms with Crippen LogP contribution in [0.3, 0.4) is 0 Å². The smallest absolute Gasteiger partial charge is 0.259 e. The van der Waals surface area contributed by atoms with E-state index >= 15 is 0 Å². The van der Waals surface area contributed by atoms with Gasteiger partial charge in [-0.3, -0.25) is 9.59 Å². The number of rotatable bonds is 3. The molecule has 5 heteroatoms. The molecular formula is C10H14N2O2S. The third-order valence-electron chi connectivity index (χ3n) is 2.17. The maximum Gasteiger partial charge on any atom is 0.259 e. The van der Waals surface area contributed by atoms with Crippen molar-refractivity contribution in [3.8, 4) is 0 Å². The summed E-state index contributed by atoms with van der Waals surface area (Å²) in [5.41, 5.74) is 11.9. The van der Waals surface area contributed by atoms with Gasteiger partial charge in [0, 0.05) is 5.92 Å². The van der Waals surface area contributed by atoms with Gasteiger partial charge >= 0.3 is 0 Å². The molecule has 4 N–H and O–H groups in total. The van der Waals surface area contributed by atoms with Gasteiger partial charge in [0.25, 0.3) is 5.91 Å². The molecule has 0 bridgehead atoms.